The number of rotatable bonds is 6. The second-order valence-corrected chi connectivity index (χ2v) is 4.33. The zero-order valence-electron chi connectivity index (χ0n) is 10.4. The smallest absolute Gasteiger partial charge is 0.120 e. The minimum atomic E-state index is 0.812. The molecule has 0 atom stereocenters. The summed E-state index contributed by atoms with van der Waals surface area (Å²) in [5.74, 6) is 0.931. The molecule has 2 aromatic rings. The summed E-state index contributed by atoms with van der Waals surface area (Å²) in [7, 11) is 0. The zero-order chi connectivity index (χ0) is 11.9. The van der Waals surface area contributed by atoms with Gasteiger partial charge in [-0.05, 0) is 35.4 Å². The fraction of sp³-hybridized carbons (Fsp3) is 0.375. The van der Waals surface area contributed by atoms with Crippen LogP contribution in [0.4, 0.5) is 0 Å². The summed E-state index contributed by atoms with van der Waals surface area (Å²) in [4.78, 5) is 0. The van der Waals surface area contributed by atoms with Crippen molar-refractivity contribution in [1.29, 1.82) is 0 Å². The largest absolute Gasteiger partial charge is 0.494 e. The van der Waals surface area contributed by atoms with Gasteiger partial charge in [-0.3, -0.25) is 0 Å². The Labute approximate surface area is 103 Å². The van der Waals surface area contributed by atoms with E-state index in [4.69, 9.17) is 4.74 Å². The molecule has 0 amide bonds. The Kier molecular flexibility index (Phi) is 4.43. The van der Waals surface area contributed by atoms with Gasteiger partial charge in [-0.2, -0.15) is 0 Å². The summed E-state index contributed by atoms with van der Waals surface area (Å²) in [6.45, 7) is 3.03. The van der Waals surface area contributed by atoms with Crippen molar-refractivity contribution in [2.24, 2.45) is 0 Å². The van der Waals surface area contributed by atoms with Gasteiger partial charge >= 0.3 is 0 Å². The second-order valence-electron chi connectivity index (χ2n) is 4.33. The van der Waals surface area contributed by atoms with E-state index >= 15 is 0 Å². The summed E-state index contributed by atoms with van der Waals surface area (Å²) in [5, 5.41) is 2.34. The van der Waals surface area contributed by atoms with Crippen molar-refractivity contribution in [3.63, 3.8) is 0 Å². The van der Waals surface area contributed by atoms with Gasteiger partial charge < -0.3 is 4.74 Å². The highest BCUT2D eigenvalue weighted by atomic mass is 16.5. The Bertz CT molecular complexity index is 462. The average molecular weight is 227 g/mol. The van der Waals surface area contributed by atoms with Crippen molar-refractivity contribution in [3.8, 4) is 5.75 Å². The van der Waals surface area contributed by atoms with Crippen LogP contribution < -0.4 is 4.74 Å². The number of benzene rings is 2. The molecular formula is C16H19O. The SMILES string of the molecule is CCCCCCOc1c[c]c2ccccc2c1. The number of fused-ring (bicyclic) bond motifs is 1. The van der Waals surface area contributed by atoms with Crippen LogP contribution in [0.2, 0.25) is 0 Å². The molecule has 0 aliphatic carbocycles. The second kappa shape index (κ2) is 6.29. The molecule has 0 aliphatic rings. The van der Waals surface area contributed by atoms with Gasteiger partial charge in [0, 0.05) is 0 Å². The van der Waals surface area contributed by atoms with Crippen LogP contribution >= 0.6 is 0 Å². The topological polar surface area (TPSA) is 9.23 Å². The van der Waals surface area contributed by atoms with Crippen LogP contribution in [0, 0.1) is 6.07 Å². The van der Waals surface area contributed by atoms with Gasteiger partial charge in [0.1, 0.15) is 5.75 Å². The molecule has 0 N–H and O–H groups in total. The molecule has 2 rings (SSSR count). The van der Waals surface area contributed by atoms with Crippen LogP contribution in [0.15, 0.2) is 36.4 Å². The van der Waals surface area contributed by atoms with Gasteiger partial charge in [-0.25, -0.2) is 0 Å². The third-order valence-corrected chi connectivity index (χ3v) is 2.90. The molecule has 0 aromatic heterocycles. The van der Waals surface area contributed by atoms with Gasteiger partial charge in [0.25, 0.3) is 0 Å². The third kappa shape index (κ3) is 3.48. The van der Waals surface area contributed by atoms with Crippen LogP contribution in [-0.4, -0.2) is 6.61 Å². The summed E-state index contributed by atoms with van der Waals surface area (Å²) < 4.78 is 5.73. The van der Waals surface area contributed by atoms with Crippen LogP contribution in [-0.2, 0) is 0 Å². The van der Waals surface area contributed by atoms with Gasteiger partial charge in [-0.1, -0.05) is 50.5 Å². The van der Waals surface area contributed by atoms with Crippen LogP contribution in [0.3, 0.4) is 0 Å². The summed E-state index contributed by atoms with van der Waals surface area (Å²) in [5.41, 5.74) is 0. The lowest BCUT2D eigenvalue weighted by atomic mass is 10.1. The summed E-state index contributed by atoms with van der Waals surface area (Å²) in [6, 6.07) is 15.5. The van der Waals surface area contributed by atoms with Gasteiger partial charge in [0.05, 0.1) is 6.61 Å². The molecule has 1 nitrogen and oxygen atoms in total. The predicted octanol–water partition coefficient (Wildman–Crippen LogP) is 4.60. The van der Waals surface area contributed by atoms with E-state index in [-0.39, 0.29) is 0 Å². The molecule has 0 heterocycles. The number of unbranched alkanes of at least 4 members (excludes halogenated alkanes) is 3. The van der Waals surface area contributed by atoms with Gasteiger partial charge in [0.15, 0.2) is 0 Å². The Morgan fingerprint density at radius 2 is 2.00 bits per heavy atom. The lowest BCUT2D eigenvalue weighted by Gasteiger charge is -2.06. The van der Waals surface area contributed by atoms with Crippen molar-refractivity contribution >= 4 is 10.8 Å². The van der Waals surface area contributed by atoms with E-state index in [1.54, 1.807) is 0 Å². The Morgan fingerprint density at radius 3 is 2.88 bits per heavy atom. The number of hydrogen-bond acceptors (Lipinski definition) is 1. The van der Waals surface area contributed by atoms with E-state index in [0.29, 0.717) is 0 Å². The first-order valence-electron chi connectivity index (χ1n) is 6.43. The molecule has 0 saturated heterocycles. The van der Waals surface area contributed by atoms with Crippen molar-refractivity contribution in [2.75, 3.05) is 6.61 Å². The zero-order valence-corrected chi connectivity index (χ0v) is 10.4. The van der Waals surface area contributed by atoms with E-state index in [1.807, 2.05) is 18.2 Å². The average Bonchev–Trinajstić information content (AvgIpc) is 2.38. The number of hydrogen-bond donors (Lipinski definition) is 0. The molecule has 17 heavy (non-hydrogen) atoms. The predicted molar refractivity (Wildman–Crippen MR) is 72.4 cm³/mol. The first-order chi connectivity index (χ1) is 8.40. The monoisotopic (exact) mass is 227 g/mol. The highest BCUT2D eigenvalue weighted by Gasteiger charge is 1.97. The number of ether oxygens (including phenoxy) is 1. The first kappa shape index (κ1) is 12.0. The molecule has 89 valence electrons. The third-order valence-electron chi connectivity index (χ3n) is 2.90. The molecule has 0 aliphatic heterocycles. The lowest BCUT2D eigenvalue weighted by Crippen LogP contribution is -1.97. The van der Waals surface area contributed by atoms with Crippen molar-refractivity contribution < 1.29 is 4.74 Å². The standard InChI is InChI=1S/C16H19O/c1-2-3-4-7-12-17-16-11-10-14-8-5-6-9-15(14)13-16/h5-6,8-9,11,13H,2-4,7,12H2,1H3. The van der Waals surface area contributed by atoms with Crippen molar-refractivity contribution in [3.05, 3.63) is 42.5 Å². The minimum absolute atomic E-state index is 0.812. The maximum Gasteiger partial charge on any atom is 0.120 e. The molecule has 0 spiro atoms. The Balaban J connectivity index is 1.90. The van der Waals surface area contributed by atoms with E-state index in [9.17, 15) is 0 Å². The quantitative estimate of drug-likeness (QED) is 0.655. The molecule has 0 fully saturated rings. The Morgan fingerprint density at radius 1 is 1.12 bits per heavy atom. The van der Waals surface area contributed by atoms with Gasteiger partial charge in [0.2, 0.25) is 0 Å². The van der Waals surface area contributed by atoms with E-state index in [0.717, 1.165) is 24.2 Å². The van der Waals surface area contributed by atoms with Crippen molar-refractivity contribution in [2.45, 2.75) is 32.6 Å². The van der Waals surface area contributed by atoms with E-state index in [1.165, 1.54) is 24.6 Å². The molecule has 0 saturated carbocycles. The normalized spacial score (nSPS) is 10.6. The Hall–Kier alpha value is -1.50. The fourth-order valence-corrected chi connectivity index (χ4v) is 1.90. The molecule has 0 bridgehead atoms. The van der Waals surface area contributed by atoms with Crippen LogP contribution in [0.25, 0.3) is 10.8 Å². The van der Waals surface area contributed by atoms with Gasteiger partial charge in [-0.15, -0.1) is 0 Å². The minimum Gasteiger partial charge on any atom is -0.494 e. The maximum atomic E-state index is 5.73. The maximum absolute atomic E-state index is 5.73. The fourth-order valence-electron chi connectivity index (χ4n) is 1.90. The highest BCUT2D eigenvalue weighted by molar-refractivity contribution is 5.83. The van der Waals surface area contributed by atoms with E-state index in [2.05, 4.69) is 31.2 Å². The molecule has 1 heteroatoms. The highest BCUT2D eigenvalue weighted by Crippen LogP contribution is 2.20. The van der Waals surface area contributed by atoms with Crippen molar-refractivity contribution in [1.82, 2.24) is 0 Å². The summed E-state index contributed by atoms with van der Waals surface area (Å²) >= 11 is 0. The summed E-state index contributed by atoms with van der Waals surface area (Å²) in [6.07, 6.45) is 4.96. The van der Waals surface area contributed by atoms with E-state index < -0.39 is 0 Å². The van der Waals surface area contributed by atoms with Crippen LogP contribution in [0.1, 0.15) is 32.6 Å². The lowest BCUT2D eigenvalue weighted by molar-refractivity contribution is 0.305. The molecule has 0 unspecified atom stereocenters. The molecular weight excluding hydrogens is 208 g/mol. The molecule has 2 aromatic carbocycles. The molecule has 1 radical (unpaired) electrons. The van der Waals surface area contributed by atoms with Crippen LogP contribution in [0.5, 0.6) is 5.75 Å². The first-order valence-corrected chi connectivity index (χ1v) is 6.43.